The number of rotatable bonds is 10. The van der Waals surface area contributed by atoms with Crippen LogP contribution >= 0.6 is 0 Å². The molecule has 106 heavy (non-hydrogen) atoms. The summed E-state index contributed by atoms with van der Waals surface area (Å²) in [7, 11) is 0. The fourth-order valence-electron chi connectivity index (χ4n) is 17.3. The van der Waals surface area contributed by atoms with Crippen molar-refractivity contribution in [1.29, 1.82) is 0 Å². The summed E-state index contributed by atoms with van der Waals surface area (Å²) in [6.07, 6.45) is 0. The second kappa shape index (κ2) is 25.6. The molecule has 0 spiro atoms. The number of fused-ring (bicyclic) bond motifs is 14. The van der Waals surface area contributed by atoms with Crippen molar-refractivity contribution in [2.75, 3.05) is 0 Å². The van der Waals surface area contributed by atoms with E-state index in [0.29, 0.717) is 0 Å². The molecule has 0 aliphatic heterocycles. The van der Waals surface area contributed by atoms with Gasteiger partial charge < -0.3 is 0 Å². The molecular formula is C102H66N4. The summed E-state index contributed by atoms with van der Waals surface area (Å²) < 4.78 is 0. The van der Waals surface area contributed by atoms with Crippen LogP contribution in [0.1, 0.15) is 44.5 Å². The van der Waals surface area contributed by atoms with Crippen LogP contribution in [0.3, 0.4) is 0 Å². The van der Waals surface area contributed by atoms with Gasteiger partial charge in [0.2, 0.25) is 0 Å². The van der Waals surface area contributed by atoms with Crippen LogP contribution in [0.15, 0.2) is 400 Å². The first-order valence-electron chi connectivity index (χ1n) is 36.4. The highest BCUT2D eigenvalue weighted by Gasteiger charge is 2.48. The highest BCUT2D eigenvalue weighted by atomic mass is 14.8. The average molecular weight is 1350 g/mol. The van der Waals surface area contributed by atoms with E-state index < -0.39 is 10.8 Å². The Morgan fingerprint density at radius 3 is 0.934 bits per heavy atom. The van der Waals surface area contributed by atoms with Crippen LogP contribution in [-0.4, -0.2) is 19.9 Å². The molecular weight excluding hydrogens is 1280 g/mol. The summed E-state index contributed by atoms with van der Waals surface area (Å²) in [5.41, 5.74) is 30.8. The zero-order chi connectivity index (χ0) is 70.1. The van der Waals surface area contributed by atoms with Gasteiger partial charge in [-0.25, -0.2) is 19.9 Å². The quantitative estimate of drug-likeness (QED) is 0.128. The van der Waals surface area contributed by atoms with Gasteiger partial charge in [-0.05, 0) is 146 Å². The minimum absolute atomic E-state index is 0.436. The number of nitrogens with zero attached hydrogens (tertiary/aromatic N) is 4. The lowest BCUT2D eigenvalue weighted by Crippen LogP contribution is -2.28. The second-order valence-electron chi connectivity index (χ2n) is 27.8. The number of para-hydroxylation sites is 2. The molecule has 2 aromatic heterocycles. The highest BCUT2D eigenvalue weighted by Crippen LogP contribution is 2.60. The Balaban J connectivity index is 0.000000141. The Labute approximate surface area is 615 Å². The van der Waals surface area contributed by atoms with Crippen molar-refractivity contribution in [3.8, 4) is 89.5 Å². The third kappa shape index (κ3) is 10.1. The normalized spacial score (nSPS) is 12.9. The minimum atomic E-state index is -0.445. The molecule has 4 nitrogen and oxygen atoms in total. The molecule has 21 rings (SSSR count). The molecule has 0 saturated carbocycles. The van der Waals surface area contributed by atoms with Crippen LogP contribution < -0.4 is 0 Å². The monoisotopic (exact) mass is 1350 g/mol. The fourth-order valence-corrected chi connectivity index (χ4v) is 17.3. The molecule has 0 fully saturated rings. The van der Waals surface area contributed by atoms with Crippen LogP contribution in [0.5, 0.6) is 0 Å². The number of hydrogen-bond acceptors (Lipinski definition) is 4. The minimum Gasteiger partial charge on any atom is -0.244 e. The predicted octanol–water partition coefficient (Wildman–Crippen LogP) is 25.4. The van der Waals surface area contributed by atoms with Crippen molar-refractivity contribution < 1.29 is 0 Å². The summed E-state index contributed by atoms with van der Waals surface area (Å²) in [6.45, 7) is 0. The maximum absolute atomic E-state index is 5.34. The van der Waals surface area contributed by atoms with E-state index in [4.69, 9.17) is 19.9 Å². The maximum atomic E-state index is 5.34. The molecule has 2 aliphatic rings. The fraction of sp³-hybridized carbons (Fsp3) is 0.0196. The summed E-state index contributed by atoms with van der Waals surface area (Å²) in [5, 5.41) is 7.27. The van der Waals surface area contributed by atoms with Gasteiger partial charge in [-0.1, -0.05) is 370 Å². The molecule has 19 aromatic rings. The number of aromatic nitrogens is 4. The van der Waals surface area contributed by atoms with Crippen molar-refractivity contribution >= 4 is 54.4 Å². The first kappa shape index (κ1) is 62.0. The first-order valence-corrected chi connectivity index (χ1v) is 36.4. The number of benzene rings is 17. The molecule has 2 heterocycles. The van der Waals surface area contributed by atoms with Gasteiger partial charge in [0.15, 0.2) is 0 Å². The largest absolute Gasteiger partial charge is 0.244 e. The van der Waals surface area contributed by atoms with E-state index in [1.54, 1.807) is 0 Å². The first-order chi connectivity index (χ1) is 52.6. The van der Waals surface area contributed by atoms with E-state index in [0.717, 1.165) is 89.0 Å². The molecule has 0 atom stereocenters. The van der Waals surface area contributed by atoms with Gasteiger partial charge in [0.1, 0.15) is 0 Å². The molecule has 0 unspecified atom stereocenters. The van der Waals surface area contributed by atoms with Crippen LogP contribution in [0, 0.1) is 0 Å². The molecule has 4 heteroatoms. The van der Waals surface area contributed by atoms with Crippen molar-refractivity contribution in [2.24, 2.45) is 0 Å². The Morgan fingerprint density at radius 2 is 0.500 bits per heavy atom. The summed E-state index contributed by atoms with van der Waals surface area (Å²) in [5.74, 6) is 0. The Bertz CT molecular complexity index is 6500. The molecule has 0 N–H and O–H groups in total. The van der Waals surface area contributed by atoms with Gasteiger partial charge in [0, 0.05) is 27.6 Å². The van der Waals surface area contributed by atoms with Crippen LogP contribution in [0.25, 0.3) is 144 Å². The van der Waals surface area contributed by atoms with E-state index in [2.05, 4.69) is 364 Å². The smallest absolute Gasteiger partial charge is 0.0973 e. The number of hydrogen-bond donors (Lipinski definition) is 0. The Hall–Kier alpha value is -13.8. The lowest BCUT2D eigenvalue weighted by atomic mass is 9.66. The van der Waals surface area contributed by atoms with Gasteiger partial charge in [-0.3, -0.25) is 0 Å². The van der Waals surface area contributed by atoms with E-state index in [1.807, 2.05) is 36.4 Å². The molecule has 2 aliphatic carbocycles. The van der Waals surface area contributed by atoms with E-state index in [9.17, 15) is 0 Å². The van der Waals surface area contributed by atoms with Crippen molar-refractivity contribution in [2.45, 2.75) is 10.8 Å². The predicted molar refractivity (Wildman–Crippen MR) is 439 cm³/mol. The standard InChI is InChI=1S/C53H34N2.C49H32N2/c1-4-15-37(16-5-1)50-51(55-52-44-21-11-10-14-36(44)30-33-48(52)54-50)38-26-24-35(25-27-38)39-28-31-43-40(34-39)29-32-46-45-22-12-13-23-47(45)53(49(43)46,41-17-6-2-7-18-41)42-19-8-3-9-20-42;1-4-14-34(15-5-1)47-48(51-45-23-13-12-22-44(45)50-47)35-26-24-33(25-27-35)36-28-30-40-37(32-36)29-31-42-41-20-10-11-21-43(41)49(46(40)42,38-16-6-2-7-17-38)39-18-8-3-9-19-39/h1-34H;1-32H. The van der Waals surface area contributed by atoms with Crippen molar-refractivity contribution in [1.82, 2.24) is 19.9 Å². The average Bonchev–Trinajstić information content (AvgIpc) is 1.52. The van der Waals surface area contributed by atoms with Crippen LogP contribution in [0.2, 0.25) is 0 Å². The molecule has 494 valence electrons. The third-order valence-corrected chi connectivity index (χ3v) is 22.1. The third-order valence-electron chi connectivity index (χ3n) is 22.1. The van der Waals surface area contributed by atoms with E-state index in [1.165, 1.54) is 99.4 Å². The SMILES string of the molecule is c1ccc(-c2nc3ccc4ccccc4c3nc2-c2ccc(-c3ccc4c5c(ccc4c3)-c3ccccc3C5(c3ccccc3)c3ccccc3)cc2)cc1.c1ccc(-c2nc3ccccc3nc2-c2ccc(-c3ccc4c5c(ccc4c3)-c3ccccc3C5(c3ccccc3)c3ccccc3)cc2)cc1. The van der Waals surface area contributed by atoms with Crippen LogP contribution in [0.4, 0.5) is 0 Å². The summed E-state index contributed by atoms with van der Waals surface area (Å²) >= 11 is 0. The Kier molecular flexibility index (Phi) is 15.0. The van der Waals surface area contributed by atoms with Crippen molar-refractivity contribution in [3.05, 3.63) is 445 Å². The van der Waals surface area contributed by atoms with Gasteiger partial charge in [0.05, 0.1) is 55.7 Å². The molecule has 17 aromatic carbocycles. The molecule has 0 saturated heterocycles. The zero-order valence-electron chi connectivity index (χ0n) is 57.9. The lowest BCUT2D eigenvalue weighted by molar-refractivity contribution is 0.775. The van der Waals surface area contributed by atoms with E-state index in [-0.39, 0.29) is 0 Å². The van der Waals surface area contributed by atoms with Gasteiger partial charge in [-0.2, -0.15) is 0 Å². The van der Waals surface area contributed by atoms with E-state index >= 15 is 0 Å². The van der Waals surface area contributed by atoms with Crippen molar-refractivity contribution in [3.63, 3.8) is 0 Å². The van der Waals surface area contributed by atoms with Gasteiger partial charge in [0.25, 0.3) is 0 Å². The highest BCUT2D eigenvalue weighted by molar-refractivity contribution is 6.07. The molecule has 0 radical (unpaired) electrons. The second-order valence-corrected chi connectivity index (χ2v) is 27.8. The van der Waals surface area contributed by atoms with Gasteiger partial charge >= 0.3 is 0 Å². The summed E-state index contributed by atoms with van der Waals surface area (Å²) in [4.78, 5) is 20.8. The lowest BCUT2D eigenvalue weighted by Gasteiger charge is -2.34. The maximum Gasteiger partial charge on any atom is 0.0973 e. The summed E-state index contributed by atoms with van der Waals surface area (Å²) in [6, 6.07) is 144. The van der Waals surface area contributed by atoms with Gasteiger partial charge in [-0.15, -0.1) is 0 Å². The topological polar surface area (TPSA) is 51.6 Å². The zero-order valence-corrected chi connectivity index (χ0v) is 57.9. The van der Waals surface area contributed by atoms with Crippen LogP contribution in [-0.2, 0) is 10.8 Å². The molecule has 0 amide bonds. The molecule has 0 bridgehead atoms. The Morgan fingerprint density at radius 1 is 0.179 bits per heavy atom.